The Morgan fingerprint density at radius 2 is 2.00 bits per heavy atom. The number of likely N-dealkylation sites (tertiary alicyclic amines) is 1. The molecule has 1 fully saturated rings. The van der Waals surface area contributed by atoms with Crippen LogP contribution in [0.1, 0.15) is 18.4 Å². The van der Waals surface area contributed by atoms with Crippen LogP contribution in [0, 0.1) is 11.6 Å². The molecule has 1 nitrogen and oxygen atoms in total. The van der Waals surface area contributed by atoms with Gasteiger partial charge < -0.3 is 4.90 Å². The molecule has 1 aliphatic heterocycles. The molecule has 0 saturated carbocycles. The summed E-state index contributed by atoms with van der Waals surface area (Å²) in [5, 5.41) is 0. The van der Waals surface area contributed by atoms with Gasteiger partial charge in [-0.2, -0.15) is 0 Å². The van der Waals surface area contributed by atoms with Crippen LogP contribution in [0.2, 0.25) is 0 Å². The second-order valence-corrected chi connectivity index (χ2v) is 3.72. The van der Waals surface area contributed by atoms with Crippen molar-refractivity contribution in [3.05, 3.63) is 35.4 Å². The van der Waals surface area contributed by atoms with Crippen LogP contribution >= 0.6 is 0 Å². The van der Waals surface area contributed by atoms with E-state index in [-0.39, 0.29) is 0 Å². The Hall–Kier alpha value is -0.960. The summed E-state index contributed by atoms with van der Waals surface area (Å²) in [5.74, 6) is -1.12. The average Bonchev–Trinajstić information content (AvgIpc) is 2.09. The Kier molecular flexibility index (Phi) is 2.50. The van der Waals surface area contributed by atoms with Gasteiger partial charge >= 0.3 is 0 Å². The van der Waals surface area contributed by atoms with Crippen molar-refractivity contribution in [3.63, 3.8) is 0 Å². The van der Waals surface area contributed by atoms with E-state index >= 15 is 0 Å². The fourth-order valence-electron chi connectivity index (χ4n) is 1.81. The third-order valence-electron chi connectivity index (χ3n) is 2.82. The molecule has 76 valence electrons. The second-order valence-electron chi connectivity index (χ2n) is 3.72. The molecule has 2 rings (SSSR count). The lowest BCUT2D eigenvalue weighted by Gasteiger charge is -2.38. The molecule has 14 heavy (non-hydrogen) atoms. The lowest BCUT2D eigenvalue weighted by atomic mass is 9.91. The largest absolute Gasteiger partial charge is 0.302 e. The zero-order valence-electron chi connectivity index (χ0n) is 8.13. The van der Waals surface area contributed by atoms with Crippen molar-refractivity contribution in [2.45, 2.75) is 12.8 Å². The number of rotatable bonds is 2. The standard InChI is InChI=1S/C11H13F2N/c1-2-14-6-9(7-14)8-3-4-10(12)11(13)5-8/h3-5,9H,2,6-7H2,1H3. The number of hydrogen-bond acceptors (Lipinski definition) is 1. The number of likely N-dealkylation sites (N-methyl/N-ethyl adjacent to an activating group) is 1. The minimum absolute atomic E-state index is 0.380. The summed E-state index contributed by atoms with van der Waals surface area (Å²) >= 11 is 0. The van der Waals surface area contributed by atoms with Gasteiger partial charge in [-0.3, -0.25) is 0 Å². The minimum atomic E-state index is -0.763. The van der Waals surface area contributed by atoms with E-state index in [4.69, 9.17) is 0 Å². The molecule has 0 spiro atoms. The SMILES string of the molecule is CCN1CC(c2ccc(F)c(F)c2)C1. The van der Waals surface area contributed by atoms with E-state index < -0.39 is 11.6 Å². The number of benzene rings is 1. The minimum Gasteiger partial charge on any atom is -0.302 e. The van der Waals surface area contributed by atoms with Crippen LogP contribution in [0.5, 0.6) is 0 Å². The van der Waals surface area contributed by atoms with Crippen LogP contribution in [-0.4, -0.2) is 24.5 Å². The van der Waals surface area contributed by atoms with Crippen LogP contribution in [0.3, 0.4) is 0 Å². The van der Waals surface area contributed by atoms with Gasteiger partial charge in [-0.25, -0.2) is 8.78 Å². The smallest absolute Gasteiger partial charge is 0.159 e. The Balaban J connectivity index is 2.08. The Labute approximate surface area is 82.3 Å². The normalized spacial score (nSPS) is 18.2. The van der Waals surface area contributed by atoms with Gasteiger partial charge in [0.05, 0.1) is 0 Å². The average molecular weight is 197 g/mol. The lowest BCUT2D eigenvalue weighted by Crippen LogP contribution is -2.44. The van der Waals surface area contributed by atoms with Crippen LogP contribution in [0.15, 0.2) is 18.2 Å². The summed E-state index contributed by atoms with van der Waals surface area (Å²) in [5.41, 5.74) is 0.911. The first-order valence-corrected chi connectivity index (χ1v) is 4.88. The first kappa shape index (κ1) is 9.59. The summed E-state index contributed by atoms with van der Waals surface area (Å²) < 4.78 is 25.5. The molecule has 0 bridgehead atoms. The molecule has 3 heteroatoms. The summed E-state index contributed by atoms with van der Waals surface area (Å²) in [6, 6.07) is 4.20. The van der Waals surface area contributed by atoms with Gasteiger partial charge in [0.1, 0.15) is 0 Å². The highest BCUT2D eigenvalue weighted by molar-refractivity contribution is 5.24. The molecular weight excluding hydrogens is 184 g/mol. The molecule has 0 radical (unpaired) electrons. The van der Waals surface area contributed by atoms with Crippen molar-refractivity contribution >= 4 is 0 Å². The molecular formula is C11H13F2N. The Bertz CT molecular complexity index is 332. The molecule has 1 aromatic carbocycles. The van der Waals surface area contributed by atoms with Gasteiger partial charge in [-0.15, -0.1) is 0 Å². The third-order valence-corrected chi connectivity index (χ3v) is 2.82. The Morgan fingerprint density at radius 1 is 1.29 bits per heavy atom. The van der Waals surface area contributed by atoms with Crippen LogP contribution in [-0.2, 0) is 0 Å². The van der Waals surface area contributed by atoms with E-state index in [0.717, 1.165) is 25.2 Å². The van der Waals surface area contributed by atoms with Gasteiger partial charge in [-0.05, 0) is 24.2 Å². The van der Waals surface area contributed by atoms with Gasteiger partial charge in [0.2, 0.25) is 0 Å². The second kappa shape index (κ2) is 3.65. The summed E-state index contributed by atoms with van der Waals surface area (Å²) in [7, 11) is 0. The van der Waals surface area contributed by atoms with Crippen molar-refractivity contribution in [2.24, 2.45) is 0 Å². The molecule has 1 heterocycles. The van der Waals surface area contributed by atoms with E-state index in [1.165, 1.54) is 12.1 Å². The molecule has 0 N–H and O–H groups in total. The number of nitrogens with zero attached hydrogens (tertiary/aromatic N) is 1. The number of hydrogen-bond donors (Lipinski definition) is 0. The summed E-state index contributed by atoms with van der Waals surface area (Å²) in [6.45, 7) is 5.05. The van der Waals surface area contributed by atoms with Gasteiger partial charge in [0, 0.05) is 19.0 Å². The van der Waals surface area contributed by atoms with Crippen molar-refractivity contribution in [3.8, 4) is 0 Å². The summed E-state index contributed by atoms with van der Waals surface area (Å²) in [4.78, 5) is 2.27. The van der Waals surface area contributed by atoms with E-state index in [0.29, 0.717) is 5.92 Å². The van der Waals surface area contributed by atoms with Crippen molar-refractivity contribution in [2.75, 3.05) is 19.6 Å². The van der Waals surface area contributed by atoms with Gasteiger partial charge in [-0.1, -0.05) is 13.0 Å². The monoisotopic (exact) mass is 197 g/mol. The molecule has 0 aromatic heterocycles. The molecule has 0 amide bonds. The van der Waals surface area contributed by atoms with Gasteiger partial charge in [0.25, 0.3) is 0 Å². The first-order chi connectivity index (χ1) is 6.70. The predicted molar refractivity (Wildman–Crippen MR) is 51.2 cm³/mol. The van der Waals surface area contributed by atoms with Crippen LogP contribution < -0.4 is 0 Å². The maximum absolute atomic E-state index is 12.9. The molecule has 0 atom stereocenters. The molecule has 0 unspecified atom stereocenters. The quantitative estimate of drug-likeness (QED) is 0.703. The highest BCUT2D eigenvalue weighted by Crippen LogP contribution is 2.27. The highest BCUT2D eigenvalue weighted by Gasteiger charge is 2.26. The zero-order chi connectivity index (χ0) is 10.1. The fraction of sp³-hybridized carbons (Fsp3) is 0.455. The molecule has 1 aromatic rings. The summed E-state index contributed by atoms with van der Waals surface area (Å²) in [6.07, 6.45) is 0. The van der Waals surface area contributed by atoms with E-state index in [9.17, 15) is 8.78 Å². The maximum atomic E-state index is 12.9. The van der Waals surface area contributed by atoms with Crippen LogP contribution in [0.4, 0.5) is 8.78 Å². The molecule has 0 aliphatic carbocycles. The van der Waals surface area contributed by atoms with E-state index in [2.05, 4.69) is 11.8 Å². The van der Waals surface area contributed by atoms with Crippen molar-refractivity contribution in [1.82, 2.24) is 4.90 Å². The van der Waals surface area contributed by atoms with E-state index in [1.54, 1.807) is 6.07 Å². The molecule has 1 aliphatic rings. The first-order valence-electron chi connectivity index (χ1n) is 4.88. The van der Waals surface area contributed by atoms with Gasteiger partial charge in [0.15, 0.2) is 11.6 Å². The number of halogens is 2. The van der Waals surface area contributed by atoms with Crippen LogP contribution in [0.25, 0.3) is 0 Å². The maximum Gasteiger partial charge on any atom is 0.159 e. The highest BCUT2D eigenvalue weighted by atomic mass is 19.2. The fourth-order valence-corrected chi connectivity index (χ4v) is 1.81. The third kappa shape index (κ3) is 1.64. The topological polar surface area (TPSA) is 3.24 Å². The van der Waals surface area contributed by atoms with Crippen molar-refractivity contribution < 1.29 is 8.78 Å². The predicted octanol–water partition coefficient (Wildman–Crippen LogP) is 2.38. The van der Waals surface area contributed by atoms with E-state index in [1.807, 2.05) is 0 Å². The molecule has 1 saturated heterocycles. The Morgan fingerprint density at radius 3 is 2.57 bits per heavy atom. The lowest BCUT2D eigenvalue weighted by molar-refractivity contribution is 0.157. The van der Waals surface area contributed by atoms with Crippen molar-refractivity contribution in [1.29, 1.82) is 0 Å². The zero-order valence-corrected chi connectivity index (χ0v) is 8.13.